The van der Waals surface area contributed by atoms with Crippen LogP contribution < -0.4 is 0 Å². The smallest absolute Gasteiger partial charge is 0.0506 e. The van der Waals surface area contributed by atoms with Gasteiger partial charge >= 0.3 is 0 Å². The molecule has 0 bridgehead atoms. The fourth-order valence-corrected chi connectivity index (χ4v) is 2.09. The summed E-state index contributed by atoms with van der Waals surface area (Å²) in [6, 6.07) is 14.6. The Kier molecular flexibility index (Phi) is 5.36. The molecular formula is C13H14ClNS. The Labute approximate surface area is 107 Å². The average molecular weight is 252 g/mol. The highest BCUT2D eigenvalue weighted by molar-refractivity contribution is 7.98. The number of benzene rings is 1. The van der Waals surface area contributed by atoms with Crippen molar-refractivity contribution in [3.05, 3.63) is 59.9 Å². The van der Waals surface area contributed by atoms with Crippen LogP contribution in [0.2, 0.25) is 0 Å². The third kappa shape index (κ3) is 3.87. The summed E-state index contributed by atoms with van der Waals surface area (Å²) in [5.74, 6) is 0.934. The molecule has 0 atom stereocenters. The molecule has 0 spiro atoms. The topological polar surface area (TPSA) is 12.9 Å². The first-order valence-electron chi connectivity index (χ1n) is 4.94. The van der Waals surface area contributed by atoms with E-state index in [9.17, 15) is 0 Å². The number of nitrogens with zero attached hydrogens (tertiary/aromatic N) is 1. The van der Waals surface area contributed by atoms with E-state index in [2.05, 4.69) is 42.2 Å². The van der Waals surface area contributed by atoms with Gasteiger partial charge in [-0.1, -0.05) is 23.8 Å². The summed E-state index contributed by atoms with van der Waals surface area (Å²) in [6.45, 7) is 2.10. The number of aromatic nitrogens is 1. The van der Waals surface area contributed by atoms with Crippen LogP contribution in [0.5, 0.6) is 0 Å². The normalized spacial score (nSPS) is 9.56. The average Bonchev–Trinajstić information content (AvgIpc) is 2.30. The maximum Gasteiger partial charge on any atom is 0.0506 e. The van der Waals surface area contributed by atoms with E-state index < -0.39 is 0 Å². The van der Waals surface area contributed by atoms with E-state index >= 15 is 0 Å². The summed E-state index contributed by atoms with van der Waals surface area (Å²) < 4.78 is 0. The molecule has 84 valence electrons. The Balaban J connectivity index is 0.00000128. The van der Waals surface area contributed by atoms with Crippen LogP contribution in [-0.2, 0) is 5.75 Å². The van der Waals surface area contributed by atoms with Crippen molar-refractivity contribution in [1.82, 2.24) is 4.98 Å². The summed E-state index contributed by atoms with van der Waals surface area (Å²) in [5, 5.41) is 0. The van der Waals surface area contributed by atoms with Crippen molar-refractivity contribution in [3.8, 4) is 0 Å². The van der Waals surface area contributed by atoms with Gasteiger partial charge < -0.3 is 0 Å². The summed E-state index contributed by atoms with van der Waals surface area (Å²) in [7, 11) is 0. The number of halogens is 1. The summed E-state index contributed by atoms with van der Waals surface area (Å²) in [5.41, 5.74) is 2.43. The van der Waals surface area contributed by atoms with Gasteiger partial charge in [0, 0.05) is 16.8 Å². The molecule has 0 radical (unpaired) electrons. The Hall–Kier alpha value is -0.990. The van der Waals surface area contributed by atoms with Crippen LogP contribution in [0, 0.1) is 6.92 Å². The molecule has 3 heteroatoms. The van der Waals surface area contributed by atoms with Crippen molar-refractivity contribution >= 4 is 24.2 Å². The highest BCUT2D eigenvalue weighted by Gasteiger charge is 1.96. The van der Waals surface area contributed by atoms with Gasteiger partial charge in [0.1, 0.15) is 0 Å². The minimum absolute atomic E-state index is 0. The lowest BCUT2D eigenvalue weighted by Crippen LogP contribution is -1.84. The molecule has 0 unspecified atom stereocenters. The van der Waals surface area contributed by atoms with Gasteiger partial charge in [-0.15, -0.1) is 24.2 Å². The molecule has 0 saturated heterocycles. The molecule has 0 aliphatic carbocycles. The van der Waals surface area contributed by atoms with Gasteiger partial charge in [-0.2, -0.15) is 0 Å². The Bertz CT molecular complexity index is 414. The molecule has 1 aromatic heterocycles. The van der Waals surface area contributed by atoms with Crippen LogP contribution in [-0.4, -0.2) is 4.98 Å². The van der Waals surface area contributed by atoms with Crippen molar-refractivity contribution < 1.29 is 0 Å². The quantitative estimate of drug-likeness (QED) is 0.762. The van der Waals surface area contributed by atoms with Crippen molar-refractivity contribution in [3.63, 3.8) is 0 Å². The van der Waals surface area contributed by atoms with E-state index in [1.54, 1.807) is 0 Å². The third-order valence-electron chi connectivity index (χ3n) is 2.13. The summed E-state index contributed by atoms with van der Waals surface area (Å²) in [4.78, 5) is 5.59. The Morgan fingerprint density at radius 1 is 1.06 bits per heavy atom. The van der Waals surface area contributed by atoms with Crippen LogP contribution in [0.1, 0.15) is 11.3 Å². The molecule has 1 nitrogen and oxygen atoms in total. The molecular weight excluding hydrogens is 238 g/mol. The summed E-state index contributed by atoms with van der Waals surface area (Å²) in [6.07, 6.45) is 1.84. The van der Waals surface area contributed by atoms with Gasteiger partial charge in [-0.05, 0) is 31.2 Å². The van der Waals surface area contributed by atoms with E-state index in [1.807, 2.05) is 30.1 Å². The molecule has 16 heavy (non-hydrogen) atoms. The molecule has 1 heterocycles. The standard InChI is InChI=1S/C13H13NS.ClH/c1-11-5-7-13(8-6-11)15-10-12-4-2-3-9-14-12;/h2-9H,10H2,1H3;1H. The number of thioether (sulfide) groups is 1. The van der Waals surface area contributed by atoms with E-state index in [-0.39, 0.29) is 12.4 Å². The van der Waals surface area contributed by atoms with Crippen LogP contribution >= 0.6 is 24.2 Å². The predicted molar refractivity (Wildman–Crippen MR) is 72.2 cm³/mol. The number of aryl methyl sites for hydroxylation is 1. The van der Waals surface area contributed by atoms with Crippen LogP contribution in [0.3, 0.4) is 0 Å². The molecule has 2 aromatic rings. The van der Waals surface area contributed by atoms with Gasteiger partial charge in [0.15, 0.2) is 0 Å². The lowest BCUT2D eigenvalue weighted by atomic mass is 10.2. The van der Waals surface area contributed by atoms with Crippen LogP contribution in [0.25, 0.3) is 0 Å². The molecule has 0 fully saturated rings. The third-order valence-corrected chi connectivity index (χ3v) is 3.18. The zero-order valence-electron chi connectivity index (χ0n) is 9.09. The maximum atomic E-state index is 4.29. The van der Waals surface area contributed by atoms with Gasteiger partial charge in [0.25, 0.3) is 0 Å². The molecule has 0 aliphatic heterocycles. The molecule has 0 saturated carbocycles. The first kappa shape index (κ1) is 13.1. The number of rotatable bonds is 3. The van der Waals surface area contributed by atoms with Gasteiger partial charge in [0.05, 0.1) is 5.69 Å². The highest BCUT2D eigenvalue weighted by atomic mass is 35.5. The monoisotopic (exact) mass is 251 g/mol. The van der Waals surface area contributed by atoms with E-state index in [4.69, 9.17) is 0 Å². The van der Waals surface area contributed by atoms with Crippen molar-refractivity contribution in [2.75, 3.05) is 0 Å². The van der Waals surface area contributed by atoms with E-state index in [0.29, 0.717) is 0 Å². The maximum absolute atomic E-state index is 4.29. The molecule has 2 rings (SSSR count). The second kappa shape index (κ2) is 6.56. The SMILES string of the molecule is Cc1ccc(SCc2ccccn2)cc1.Cl. The van der Waals surface area contributed by atoms with Crippen LogP contribution in [0.15, 0.2) is 53.6 Å². The Morgan fingerprint density at radius 2 is 1.81 bits per heavy atom. The lowest BCUT2D eigenvalue weighted by molar-refractivity contribution is 1.17. The van der Waals surface area contributed by atoms with Crippen molar-refractivity contribution in [2.24, 2.45) is 0 Å². The minimum atomic E-state index is 0. The van der Waals surface area contributed by atoms with Gasteiger partial charge in [0.2, 0.25) is 0 Å². The van der Waals surface area contributed by atoms with E-state index in [1.165, 1.54) is 10.5 Å². The minimum Gasteiger partial charge on any atom is -0.260 e. The number of hydrogen-bond acceptors (Lipinski definition) is 2. The van der Waals surface area contributed by atoms with Crippen molar-refractivity contribution in [1.29, 1.82) is 0 Å². The lowest BCUT2D eigenvalue weighted by Gasteiger charge is -2.01. The zero-order valence-corrected chi connectivity index (χ0v) is 10.7. The largest absolute Gasteiger partial charge is 0.260 e. The first-order chi connectivity index (χ1) is 7.34. The predicted octanol–water partition coefficient (Wildman–Crippen LogP) is 4.10. The number of hydrogen-bond donors (Lipinski definition) is 0. The fraction of sp³-hybridized carbons (Fsp3) is 0.154. The van der Waals surface area contributed by atoms with Gasteiger partial charge in [-0.25, -0.2) is 0 Å². The van der Waals surface area contributed by atoms with E-state index in [0.717, 1.165) is 11.4 Å². The Morgan fingerprint density at radius 3 is 2.44 bits per heavy atom. The molecule has 0 N–H and O–H groups in total. The zero-order chi connectivity index (χ0) is 10.5. The summed E-state index contributed by atoms with van der Waals surface area (Å²) >= 11 is 1.82. The van der Waals surface area contributed by atoms with Gasteiger partial charge in [-0.3, -0.25) is 4.98 Å². The second-order valence-electron chi connectivity index (χ2n) is 3.42. The highest BCUT2D eigenvalue weighted by Crippen LogP contribution is 2.21. The molecule has 0 amide bonds. The molecule has 0 aliphatic rings. The number of pyridine rings is 1. The fourth-order valence-electron chi connectivity index (χ4n) is 1.28. The first-order valence-corrected chi connectivity index (χ1v) is 5.92. The van der Waals surface area contributed by atoms with Crippen LogP contribution in [0.4, 0.5) is 0 Å². The second-order valence-corrected chi connectivity index (χ2v) is 4.47. The van der Waals surface area contributed by atoms with Crippen molar-refractivity contribution in [2.45, 2.75) is 17.6 Å². The molecule has 1 aromatic carbocycles.